The Morgan fingerprint density at radius 3 is 2.67 bits per heavy atom. The van der Waals surface area contributed by atoms with Crippen molar-refractivity contribution in [1.29, 1.82) is 5.26 Å². The zero-order valence-electron chi connectivity index (χ0n) is 10.2. The van der Waals surface area contributed by atoms with Gasteiger partial charge in [0.15, 0.2) is 5.82 Å². The van der Waals surface area contributed by atoms with E-state index in [1.165, 1.54) is 11.3 Å². The summed E-state index contributed by atoms with van der Waals surface area (Å²) in [6, 6.07) is 9.68. The maximum atomic E-state index is 8.89. The van der Waals surface area contributed by atoms with Crippen LogP contribution in [-0.4, -0.2) is 11.1 Å². The van der Waals surface area contributed by atoms with E-state index in [9.17, 15) is 0 Å². The smallest absolute Gasteiger partial charge is 0.159 e. The number of aromatic nitrogens is 1. The van der Waals surface area contributed by atoms with Crippen molar-refractivity contribution < 1.29 is 4.74 Å². The fourth-order valence-corrected chi connectivity index (χ4v) is 1.97. The van der Waals surface area contributed by atoms with Crippen LogP contribution in [0.15, 0.2) is 29.8 Å². The number of hydrogen-bond acceptors (Lipinski definition) is 5. The Hall–Kier alpha value is -2.06. The molecule has 0 radical (unpaired) electrons. The molecule has 0 unspecified atom stereocenters. The van der Waals surface area contributed by atoms with Gasteiger partial charge in [-0.15, -0.1) is 11.3 Å². The molecule has 0 spiro atoms. The molecule has 0 atom stereocenters. The minimum atomic E-state index is 0.160. The van der Waals surface area contributed by atoms with Crippen molar-refractivity contribution in [3.05, 3.63) is 34.7 Å². The number of nitrogens with zero attached hydrogens (tertiary/aromatic N) is 2. The lowest BCUT2D eigenvalue weighted by Crippen LogP contribution is -2.05. The Morgan fingerprint density at radius 2 is 2.06 bits per heavy atom. The Balaban J connectivity index is 2.09. The van der Waals surface area contributed by atoms with E-state index in [0.29, 0.717) is 10.7 Å². The van der Waals surface area contributed by atoms with Gasteiger partial charge < -0.3 is 10.1 Å². The van der Waals surface area contributed by atoms with Crippen LogP contribution in [0.4, 0.5) is 11.5 Å². The van der Waals surface area contributed by atoms with Crippen LogP contribution < -0.4 is 10.1 Å². The highest BCUT2D eigenvalue weighted by molar-refractivity contribution is 7.10. The lowest BCUT2D eigenvalue weighted by Gasteiger charge is -2.10. The Bertz CT molecular complexity index is 554. The fraction of sp³-hybridized carbons (Fsp3) is 0.231. The zero-order valence-corrected chi connectivity index (χ0v) is 11.0. The average molecular weight is 259 g/mol. The third-order valence-electron chi connectivity index (χ3n) is 2.16. The molecule has 2 rings (SSSR count). The van der Waals surface area contributed by atoms with Crippen LogP contribution >= 0.6 is 11.3 Å². The average Bonchev–Trinajstić information content (AvgIpc) is 2.78. The first kappa shape index (κ1) is 12.4. The van der Waals surface area contributed by atoms with Gasteiger partial charge in [-0.25, -0.2) is 4.98 Å². The van der Waals surface area contributed by atoms with Crippen molar-refractivity contribution in [3.8, 4) is 11.8 Å². The third-order valence-corrected chi connectivity index (χ3v) is 2.89. The summed E-state index contributed by atoms with van der Waals surface area (Å²) in [6.07, 6.45) is 0.160. The van der Waals surface area contributed by atoms with Crippen LogP contribution in [0.3, 0.4) is 0 Å². The molecule has 1 N–H and O–H groups in total. The summed E-state index contributed by atoms with van der Waals surface area (Å²) in [6.45, 7) is 3.97. The second-order valence-electron chi connectivity index (χ2n) is 3.96. The van der Waals surface area contributed by atoms with Crippen molar-refractivity contribution >= 4 is 22.8 Å². The van der Waals surface area contributed by atoms with Gasteiger partial charge in [0.1, 0.15) is 16.7 Å². The number of hydrogen-bond donors (Lipinski definition) is 1. The SMILES string of the molecule is CC(C)Oc1ccc(Nc2ncsc2C#N)cc1. The molecule has 18 heavy (non-hydrogen) atoms. The maximum absolute atomic E-state index is 8.89. The first-order chi connectivity index (χ1) is 8.69. The van der Waals surface area contributed by atoms with Gasteiger partial charge in [0.05, 0.1) is 11.6 Å². The summed E-state index contributed by atoms with van der Waals surface area (Å²) in [4.78, 5) is 4.69. The number of anilines is 2. The summed E-state index contributed by atoms with van der Waals surface area (Å²) in [5, 5.41) is 12.0. The molecule has 1 aromatic carbocycles. The van der Waals surface area contributed by atoms with E-state index in [1.54, 1.807) is 5.51 Å². The van der Waals surface area contributed by atoms with E-state index >= 15 is 0 Å². The number of rotatable bonds is 4. The number of nitrogens with one attached hydrogen (secondary N) is 1. The quantitative estimate of drug-likeness (QED) is 0.912. The van der Waals surface area contributed by atoms with Gasteiger partial charge in [-0.05, 0) is 38.1 Å². The standard InChI is InChI=1S/C13H13N3OS/c1-9(2)17-11-5-3-10(4-6-11)16-13-12(7-14)18-8-15-13/h3-6,8-9,16H,1-2H3. The molecule has 0 aliphatic carbocycles. The maximum Gasteiger partial charge on any atom is 0.159 e. The van der Waals surface area contributed by atoms with Crippen molar-refractivity contribution in [2.24, 2.45) is 0 Å². The van der Waals surface area contributed by atoms with Crippen LogP contribution in [0.5, 0.6) is 5.75 Å². The number of nitriles is 1. The summed E-state index contributed by atoms with van der Waals surface area (Å²) in [7, 11) is 0. The molecular formula is C13H13N3OS. The molecule has 92 valence electrons. The highest BCUT2D eigenvalue weighted by Gasteiger charge is 2.05. The molecule has 0 aliphatic rings. The van der Waals surface area contributed by atoms with Crippen molar-refractivity contribution in [1.82, 2.24) is 4.98 Å². The van der Waals surface area contributed by atoms with Crippen molar-refractivity contribution in [2.75, 3.05) is 5.32 Å². The van der Waals surface area contributed by atoms with Gasteiger partial charge in [-0.2, -0.15) is 5.26 Å². The normalized spacial score (nSPS) is 10.1. The predicted molar refractivity (Wildman–Crippen MR) is 72.3 cm³/mol. The van der Waals surface area contributed by atoms with E-state index in [0.717, 1.165) is 11.4 Å². The molecule has 4 nitrogen and oxygen atoms in total. The zero-order chi connectivity index (χ0) is 13.0. The second kappa shape index (κ2) is 5.52. The van der Waals surface area contributed by atoms with Crippen molar-refractivity contribution in [3.63, 3.8) is 0 Å². The monoisotopic (exact) mass is 259 g/mol. The van der Waals surface area contributed by atoms with Crippen LogP contribution in [-0.2, 0) is 0 Å². The minimum Gasteiger partial charge on any atom is -0.491 e. The molecular weight excluding hydrogens is 246 g/mol. The lowest BCUT2D eigenvalue weighted by molar-refractivity contribution is 0.242. The van der Waals surface area contributed by atoms with E-state index in [2.05, 4.69) is 16.4 Å². The topological polar surface area (TPSA) is 57.9 Å². The summed E-state index contributed by atoms with van der Waals surface area (Å²) >= 11 is 1.32. The first-order valence-corrected chi connectivity index (χ1v) is 6.44. The number of benzene rings is 1. The molecule has 0 saturated heterocycles. The Kier molecular flexibility index (Phi) is 3.80. The molecule has 0 saturated carbocycles. The predicted octanol–water partition coefficient (Wildman–Crippen LogP) is 3.55. The summed E-state index contributed by atoms with van der Waals surface area (Å²) in [5.74, 6) is 1.43. The Morgan fingerprint density at radius 1 is 1.33 bits per heavy atom. The summed E-state index contributed by atoms with van der Waals surface area (Å²) < 4.78 is 5.56. The van der Waals surface area contributed by atoms with Crippen LogP contribution in [0.25, 0.3) is 0 Å². The van der Waals surface area contributed by atoms with Crippen LogP contribution in [0.2, 0.25) is 0 Å². The number of ether oxygens (including phenoxy) is 1. The Labute approximate surface area is 110 Å². The van der Waals surface area contributed by atoms with Crippen LogP contribution in [0.1, 0.15) is 18.7 Å². The molecule has 5 heteroatoms. The van der Waals surface area contributed by atoms with E-state index in [4.69, 9.17) is 10.00 Å². The highest BCUT2D eigenvalue weighted by Crippen LogP contribution is 2.23. The highest BCUT2D eigenvalue weighted by atomic mass is 32.1. The molecule has 0 bridgehead atoms. The lowest BCUT2D eigenvalue weighted by atomic mass is 10.3. The van der Waals surface area contributed by atoms with E-state index in [1.807, 2.05) is 38.1 Å². The van der Waals surface area contributed by atoms with Gasteiger partial charge in [0, 0.05) is 5.69 Å². The van der Waals surface area contributed by atoms with Crippen LogP contribution in [0, 0.1) is 11.3 Å². The van der Waals surface area contributed by atoms with E-state index in [-0.39, 0.29) is 6.10 Å². The van der Waals surface area contributed by atoms with Gasteiger partial charge in [0.2, 0.25) is 0 Å². The molecule has 1 heterocycles. The molecule has 0 amide bonds. The molecule has 0 fully saturated rings. The summed E-state index contributed by atoms with van der Waals surface area (Å²) in [5.41, 5.74) is 2.53. The second-order valence-corrected chi connectivity index (χ2v) is 4.81. The molecule has 2 aromatic rings. The van der Waals surface area contributed by atoms with Gasteiger partial charge in [-0.1, -0.05) is 0 Å². The number of thiazole rings is 1. The van der Waals surface area contributed by atoms with Gasteiger partial charge in [0.25, 0.3) is 0 Å². The largest absolute Gasteiger partial charge is 0.491 e. The van der Waals surface area contributed by atoms with Gasteiger partial charge in [-0.3, -0.25) is 0 Å². The van der Waals surface area contributed by atoms with E-state index < -0.39 is 0 Å². The first-order valence-electron chi connectivity index (χ1n) is 5.56. The molecule has 0 aliphatic heterocycles. The molecule has 1 aromatic heterocycles. The van der Waals surface area contributed by atoms with Gasteiger partial charge >= 0.3 is 0 Å². The minimum absolute atomic E-state index is 0.160. The van der Waals surface area contributed by atoms with Crippen molar-refractivity contribution in [2.45, 2.75) is 20.0 Å². The fourth-order valence-electron chi connectivity index (χ4n) is 1.44. The third kappa shape index (κ3) is 2.99.